The van der Waals surface area contributed by atoms with Gasteiger partial charge in [0.05, 0.1) is 19.9 Å². The summed E-state index contributed by atoms with van der Waals surface area (Å²) in [6.07, 6.45) is 8.94. The van der Waals surface area contributed by atoms with E-state index in [2.05, 4.69) is 25.3 Å². The number of hydrogen-bond acceptors (Lipinski definition) is 11. The maximum Gasteiger partial charge on any atom is 0.263 e. The number of methoxy groups -OCH3 is 2. The summed E-state index contributed by atoms with van der Waals surface area (Å²) in [5.74, 6) is -0.0834. The van der Waals surface area contributed by atoms with E-state index < -0.39 is 5.91 Å². The highest BCUT2D eigenvalue weighted by molar-refractivity contribution is 5.96. The molecule has 2 N–H and O–H groups in total. The second-order valence-corrected chi connectivity index (χ2v) is 14.5. The number of aromatic nitrogens is 6. The van der Waals surface area contributed by atoms with Crippen molar-refractivity contribution in [3.63, 3.8) is 0 Å². The number of aryl methyl sites for hydroxylation is 1. The first kappa shape index (κ1) is 33.9. The van der Waals surface area contributed by atoms with Crippen molar-refractivity contribution in [1.29, 1.82) is 0 Å². The molecule has 16 nitrogen and oxygen atoms in total. The molecule has 3 aliphatic carbocycles. The number of nitrogens with zero attached hydrogens (tertiary/aromatic N) is 8. The minimum Gasteiger partial charge on any atom is -0.482 e. The molecule has 2 aliphatic heterocycles. The Labute approximate surface area is 299 Å². The summed E-state index contributed by atoms with van der Waals surface area (Å²) < 4.78 is 12.4. The van der Waals surface area contributed by atoms with Gasteiger partial charge in [0, 0.05) is 67.0 Å². The van der Waals surface area contributed by atoms with E-state index in [9.17, 15) is 19.2 Å². The molecule has 4 aromatic rings. The Balaban J connectivity index is 1.11. The van der Waals surface area contributed by atoms with Gasteiger partial charge in [-0.1, -0.05) is 6.92 Å². The molecule has 274 valence electrons. The normalized spacial score (nSPS) is 22.6. The second-order valence-electron chi connectivity index (χ2n) is 14.5. The molecule has 5 fully saturated rings. The summed E-state index contributed by atoms with van der Waals surface area (Å²) in [7, 11) is 2.92. The first-order valence-electron chi connectivity index (χ1n) is 18.0. The number of H-pyrrole nitrogens is 1. The molecule has 0 aromatic carbocycles. The van der Waals surface area contributed by atoms with E-state index in [0.29, 0.717) is 53.7 Å². The SMILES string of the molecule is CCc1c(N2CCN(C(=O)c3c(OC)[nH]cc(C)c3=O)CC2)c(=O)c2nn(-c3ccnc(OC)c3)nc2n1CC(=O)NC12CC(N3CCCC3)(C1)C2. The fraction of sp³-hybridized carbons (Fsp3) is 0.528. The van der Waals surface area contributed by atoms with Gasteiger partial charge in [0.15, 0.2) is 11.2 Å². The third-order valence-corrected chi connectivity index (χ3v) is 11.4. The lowest BCUT2D eigenvalue weighted by molar-refractivity contribution is -0.178. The van der Waals surface area contributed by atoms with Gasteiger partial charge in [0.25, 0.3) is 5.91 Å². The number of rotatable bonds is 10. The number of piperazine rings is 1. The zero-order valence-corrected chi connectivity index (χ0v) is 30.0. The average Bonchev–Trinajstić information content (AvgIpc) is 3.83. The molecule has 0 radical (unpaired) electrons. The molecular formula is C36H44N10O6. The third kappa shape index (κ3) is 5.42. The number of hydrogen-bond donors (Lipinski definition) is 2. The molecule has 16 heteroatoms. The lowest BCUT2D eigenvalue weighted by Gasteiger charge is -2.73. The largest absolute Gasteiger partial charge is 0.482 e. The van der Waals surface area contributed by atoms with Crippen LogP contribution in [0.1, 0.15) is 60.6 Å². The maximum atomic E-state index is 14.4. The van der Waals surface area contributed by atoms with Crippen molar-refractivity contribution in [2.45, 2.75) is 70.0 Å². The van der Waals surface area contributed by atoms with E-state index >= 15 is 0 Å². The van der Waals surface area contributed by atoms with Gasteiger partial charge < -0.3 is 34.1 Å². The van der Waals surface area contributed by atoms with E-state index in [4.69, 9.17) is 14.6 Å². The van der Waals surface area contributed by atoms with Crippen molar-refractivity contribution in [3.05, 3.63) is 61.8 Å². The number of fused-ring (bicyclic) bond motifs is 1. The summed E-state index contributed by atoms with van der Waals surface area (Å²) in [5.41, 5.74) is 1.81. The smallest absolute Gasteiger partial charge is 0.263 e. The Hall–Kier alpha value is -5.25. The van der Waals surface area contributed by atoms with Crippen LogP contribution in [0.5, 0.6) is 11.8 Å². The first-order chi connectivity index (χ1) is 25.1. The van der Waals surface area contributed by atoms with Crippen LogP contribution in [0, 0.1) is 6.92 Å². The van der Waals surface area contributed by atoms with Gasteiger partial charge in [0.2, 0.25) is 28.5 Å². The van der Waals surface area contributed by atoms with E-state index in [1.54, 1.807) is 30.2 Å². The Bertz CT molecular complexity index is 2170. The monoisotopic (exact) mass is 712 g/mol. The van der Waals surface area contributed by atoms with Crippen molar-refractivity contribution < 1.29 is 19.1 Å². The van der Waals surface area contributed by atoms with Crippen molar-refractivity contribution in [2.75, 3.05) is 58.4 Å². The highest BCUT2D eigenvalue weighted by Crippen LogP contribution is 2.64. The maximum absolute atomic E-state index is 14.4. The first-order valence-corrected chi connectivity index (χ1v) is 18.0. The minimum absolute atomic E-state index is 0.0296. The van der Waals surface area contributed by atoms with Gasteiger partial charge in [-0.15, -0.1) is 15.0 Å². The molecule has 0 spiro atoms. The van der Waals surface area contributed by atoms with E-state index in [1.165, 1.54) is 38.1 Å². The van der Waals surface area contributed by atoms with Crippen LogP contribution in [-0.4, -0.2) is 116 Å². The Morgan fingerprint density at radius 1 is 0.981 bits per heavy atom. The van der Waals surface area contributed by atoms with Crippen molar-refractivity contribution in [3.8, 4) is 17.4 Å². The van der Waals surface area contributed by atoms with Crippen LogP contribution in [0.4, 0.5) is 5.69 Å². The molecule has 2 bridgehead atoms. The number of carbonyl (C=O) groups is 2. The molecule has 52 heavy (non-hydrogen) atoms. The zero-order chi connectivity index (χ0) is 36.4. The van der Waals surface area contributed by atoms with E-state index in [-0.39, 0.29) is 64.4 Å². The molecule has 3 saturated carbocycles. The van der Waals surface area contributed by atoms with Gasteiger partial charge in [-0.25, -0.2) is 4.98 Å². The zero-order valence-electron chi connectivity index (χ0n) is 30.0. The topological polar surface area (TPSA) is 173 Å². The fourth-order valence-corrected chi connectivity index (χ4v) is 8.86. The third-order valence-electron chi connectivity index (χ3n) is 11.4. The molecule has 0 atom stereocenters. The number of nitrogens with one attached hydrogen (secondary N) is 2. The number of pyridine rings is 3. The van der Waals surface area contributed by atoms with E-state index in [0.717, 1.165) is 32.4 Å². The fourth-order valence-electron chi connectivity index (χ4n) is 8.86. The summed E-state index contributed by atoms with van der Waals surface area (Å²) in [4.78, 5) is 69.5. The number of aromatic amines is 1. The van der Waals surface area contributed by atoms with Crippen LogP contribution in [0.15, 0.2) is 34.1 Å². The molecule has 5 aliphatic rings. The Morgan fingerprint density at radius 3 is 2.38 bits per heavy atom. The van der Waals surface area contributed by atoms with Gasteiger partial charge >= 0.3 is 0 Å². The predicted octanol–water partition coefficient (Wildman–Crippen LogP) is 1.40. The molecule has 0 unspecified atom stereocenters. The van der Waals surface area contributed by atoms with Crippen molar-refractivity contribution in [2.24, 2.45) is 0 Å². The number of likely N-dealkylation sites (tertiary alicyclic amines) is 1. The number of anilines is 1. The number of ether oxygens (including phenoxy) is 2. The Morgan fingerprint density at radius 2 is 1.71 bits per heavy atom. The molecule has 2 saturated heterocycles. The average molecular weight is 713 g/mol. The lowest BCUT2D eigenvalue weighted by Crippen LogP contribution is -2.83. The summed E-state index contributed by atoms with van der Waals surface area (Å²) >= 11 is 0. The van der Waals surface area contributed by atoms with Crippen LogP contribution in [0.25, 0.3) is 16.9 Å². The predicted molar refractivity (Wildman–Crippen MR) is 192 cm³/mol. The van der Waals surface area contributed by atoms with E-state index in [1.807, 2.05) is 16.4 Å². The highest BCUT2D eigenvalue weighted by atomic mass is 16.5. The minimum atomic E-state index is -0.433. The highest BCUT2D eigenvalue weighted by Gasteiger charge is 2.70. The quantitative estimate of drug-likeness (QED) is 0.244. The number of amides is 2. The summed E-state index contributed by atoms with van der Waals surface area (Å²) in [5, 5.41) is 12.8. The molecule has 4 aromatic heterocycles. The lowest BCUT2D eigenvalue weighted by atomic mass is 9.43. The summed E-state index contributed by atoms with van der Waals surface area (Å²) in [6, 6.07) is 3.39. The number of carbonyl (C=O) groups excluding carboxylic acids is 2. The van der Waals surface area contributed by atoms with Gasteiger partial charge in [-0.2, -0.15) is 0 Å². The van der Waals surface area contributed by atoms with Crippen LogP contribution in [0.3, 0.4) is 0 Å². The molecule has 9 rings (SSSR count). The summed E-state index contributed by atoms with van der Waals surface area (Å²) in [6.45, 7) is 7.03. The molecule has 6 heterocycles. The van der Waals surface area contributed by atoms with Gasteiger partial charge in [0.1, 0.15) is 17.8 Å². The second kappa shape index (κ2) is 12.8. The molecular weight excluding hydrogens is 668 g/mol. The van der Waals surface area contributed by atoms with Gasteiger partial charge in [-0.3, -0.25) is 24.1 Å². The van der Waals surface area contributed by atoms with Crippen LogP contribution in [0.2, 0.25) is 0 Å². The van der Waals surface area contributed by atoms with Crippen LogP contribution in [-0.2, 0) is 17.8 Å². The standard InChI is InChI=1S/C36H44N10O6/c1-5-24-29(42-12-14-43(15-13-42)34(50)27-30(48)22(2)17-38-33(27)52-4)31(49)28-32(41-46(40-28)23-8-9-37-26(16-23)51-3)45(24)18-25(47)39-35-19-36(20-35,21-35)44-10-6-7-11-44/h8-9,16-17H,5-7,10-15,18-21H2,1-4H3,(H,38,48)(H,39,47). The van der Waals surface area contributed by atoms with Gasteiger partial charge in [-0.05, 0) is 64.6 Å². The van der Waals surface area contributed by atoms with Crippen LogP contribution < -0.4 is 30.5 Å². The van der Waals surface area contributed by atoms with Crippen LogP contribution >= 0.6 is 0 Å². The van der Waals surface area contributed by atoms with Crippen molar-refractivity contribution in [1.82, 2.24) is 44.6 Å². The molecule has 2 amide bonds. The Kier molecular flexibility index (Phi) is 8.31. The van der Waals surface area contributed by atoms with Crippen molar-refractivity contribution >= 4 is 28.7 Å².